The van der Waals surface area contributed by atoms with Crippen molar-refractivity contribution in [3.05, 3.63) is 45.1 Å². The Morgan fingerprint density at radius 2 is 2.17 bits per heavy atom. The van der Waals surface area contributed by atoms with Crippen molar-refractivity contribution in [1.29, 1.82) is 0 Å². The third kappa shape index (κ3) is 2.15. The van der Waals surface area contributed by atoms with E-state index in [0.29, 0.717) is 17.8 Å². The van der Waals surface area contributed by atoms with Crippen LogP contribution in [0.25, 0.3) is 5.69 Å². The minimum absolute atomic E-state index is 0.0647. The lowest BCUT2D eigenvalue weighted by Gasteiger charge is -2.05. The number of carboxylic acid groups (broad SMARTS) is 1. The molecule has 1 heterocycles. The van der Waals surface area contributed by atoms with Crippen LogP contribution in [0.2, 0.25) is 5.15 Å². The number of carbonyl (C=O) groups is 1. The van der Waals surface area contributed by atoms with E-state index in [1.165, 1.54) is 4.68 Å². The molecule has 6 heteroatoms. The van der Waals surface area contributed by atoms with Crippen molar-refractivity contribution < 1.29 is 9.90 Å². The minimum Gasteiger partial charge on any atom is -0.478 e. The molecule has 0 radical (unpaired) electrons. The number of aryl methyl sites for hydroxylation is 1. The smallest absolute Gasteiger partial charge is 0.340 e. The normalized spacial score (nSPS) is 10.6. The highest BCUT2D eigenvalue weighted by Gasteiger charge is 2.22. The Kier molecular flexibility index (Phi) is 3.73. The van der Waals surface area contributed by atoms with Crippen LogP contribution in [0, 0.1) is 0 Å². The van der Waals surface area contributed by atoms with Gasteiger partial charge in [0.2, 0.25) is 0 Å². The van der Waals surface area contributed by atoms with Gasteiger partial charge in [-0.15, -0.1) is 0 Å². The Morgan fingerprint density at radius 1 is 1.50 bits per heavy atom. The van der Waals surface area contributed by atoms with E-state index in [4.69, 9.17) is 16.7 Å². The first-order valence-electron chi connectivity index (χ1n) is 5.31. The van der Waals surface area contributed by atoms with Crippen LogP contribution in [0.1, 0.15) is 23.0 Å². The summed E-state index contributed by atoms with van der Waals surface area (Å²) in [4.78, 5) is 11.2. The summed E-state index contributed by atoms with van der Waals surface area (Å²) in [7, 11) is 0. The zero-order chi connectivity index (χ0) is 13.3. The van der Waals surface area contributed by atoms with Gasteiger partial charge in [-0.25, -0.2) is 9.48 Å². The second-order valence-corrected chi connectivity index (χ2v) is 4.85. The lowest BCUT2D eigenvalue weighted by Crippen LogP contribution is -2.00. The topological polar surface area (TPSA) is 55.1 Å². The van der Waals surface area contributed by atoms with Gasteiger partial charge in [0.25, 0.3) is 0 Å². The fraction of sp³-hybridized carbons (Fsp3) is 0.167. The first kappa shape index (κ1) is 13.1. The fourth-order valence-electron chi connectivity index (χ4n) is 1.68. The van der Waals surface area contributed by atoms with E-state index in [0.717, 1.165) is 4.47 Å². The maximum absolute atomic E-state index is 11.2. The highest BCUT2D eigenvalue weighted by molar-refractivity contribution is 9.10. The second-order valence-electron chi connectivity index (χ2n) is 3.63. The Labute approximate surface area is 117 Å². The summed E-state index contributed by atoms with van der Waals surface area (Å²) in [6, 6.07) is 7.36. The van der Waals surface area contributed by atoms with E-state index < -0.39 is 5.97 Å². The summed E-state index contributed by atoms with van der Waals surface area (Å²) in [6.45, 7) is 1.84. The van der Waals surface area contributed by atoms with Gasteiger partial charge in [0.05, 0.1) is 11.4 Å². The molecule has 0 fully saturated rings. The summed E-state index contributed by atoms with van der Waals surface area (Å²) in [5, 5.41) is 13.5. The van der Waals surface area contributed by atoms with Crippen molar-refractivity contribution in [3.8, 4) is 5.69 Å². The van der Waals surface area contributed by atoms with E-state index in [-0.39, 0.29) is 10.7 Å². The number of aromatic carboxylic acids is 1. The van der Waals surface area contributed by atoms with E-state index in [9.17, 15) is 4.79 Å². The van der Waals surface area contributed by atoms with E-state index >= 15 is 0 Å². The standard InChI is InChI=1S/C12H10BrClN2O2/c1-2-8-10(12(17)18)11(14)16(15-8)9-6-4-3-5-7(9)13/h3-6H,2H2,1H3,(H,17,18). The molecule has 2 rings (SSSR count). The molecular weight excluding hydrogens is 320 g/mol. The van der Waals surface area contributed by atoms with Crippen LogP contribution in [-0.4, -0.2) is 20.9 Å². The Balaban J connectivity index is 2.67. The van der Waals surface area contributed by atoms with Gasteiger partial charge in [0.1, 0.15) is 10.7 Å². The van der Waals surface area contributed by atoms with Crippen molar-refractivity contribution >= 4 is 33.5 Å². The first-order valence-corrected chi connectivity index (χ1v) is 6.49. The second kappa shape index (κ2) is 5.12. The van der Waals surface area contributed by atoms with E-state index in [1.807, 2.05) is 31.2 Å². The van der Waals surface area contributed by atoms with Crippen LogP contribution in [-0.2, 0) is 6.42 Å². The quantitative estimate of drug-likeness (QED) is 0.937. The zero-order valence-corrected chi connectivity index (χ0v) is 11.9. The summed E-state index contributed by atoms with van der Waals surface area (Å²) in [6.07, 6.45) is 0.513. The maximum Gasteiger partial charge on any atom is 0.340 e. The van der Waals surface area contributed by atoms with Gasteiger partial charge >= 0.3 is 5.97 Å². The third-order valence-electron chi connectivity index (χ3n) is 2.53. The number of carboxylic acids is 1. The number of halogens is 2. The zero-order valence-electron chi connectivity index (χ0n) is 9.52. The monoisotopic (exact) mass is 328 g/mol. The molecule has 0 atom stereocenters. The molecular formula is C12H10BrClN2O2. The lowest BCUT2D eigenvalue weighted by molar-refractivity contribution is 0.0696. The lowest BCUT2D eigenvalue weighted by atomic mass is 10.2. The Bertz CT molecular complexity index is 610. The molecule has 0 bridgehead atoms. The molecule has 1 aromatic carbocycles. The van der Waals surface area contributed by atoms with Gasteiger partial charge in [0.15, 0.2) is 0 Å². The molecule has 0 aliphatic carbocycles. The van der Waals surface area contributed by atoms with Gasteiger partial charge in [-0.3, -0.25) is 0 Å². The number of hydrogen-bond acceptors (Lipinski definition) is 2. The minimum atomic E-state index is -1.06. The average molecular weight is 330 g/mol. The van der Waals surface area contributed by atoms with Crippen LogP contribution in [0.3, 0.4) is 0 Å². The molecule has 94 valence electrons. The summed E-state index contributed by atoms with van der Waals surface area (Å²) in [5.74, 6) is -1.06. The molecule has 18 heavy (non-hydrogen) atoms. The van der Waals surface area contributed by atoms with Crippen LogP contribution in [0.4, 0.5) is 0 Å². The molecule has 0 saturated carbocycles. The van der Waals surface area contributed by atoms with Crippen molar-refractivity contribution in [2.75, 3.05) is 0 Å². The summed E-state index contributed by atoms with van der Waals surface area (Å²) >= 11 is 9.50. The molecule has 2 aromatic rings. The molecule has 0 aliphatic rings. The number of benzene rings is 1. The predicted octanol–water partition coefficient (Wildman–Crippen LogP) is 3.55. The molecule has 1 N–H and O–H groups in total. The van der Waals surface area contributed by atoms with Crippen molar-refractivity contribution in [1.82, 2.24) is 9.78 Å². The molecule has 0 unspecified atom stereocenters. The molecule has 1 aromatic heterocycles. The molecule has 0 spiro atoms. The van der Waals surface area contributed by atoms with Crippen LogP contribution >= 0.6 is 27.5 Å². The van der Waals surface area contributed by atoms with E-state index in [1.54, 1.807) is 0 Å². The number of aromatic nitrogens is 2. The van der Waals surface area contributed by atoms with Gasteiger partial charge in [-0.05, 0) is 34.5 Å². The SMILES string of the molecule is CCc1nn(-c2ccccc2Br)c(Cl)c1C(=O)O. The highest BCUT2D eigenvalue weighted by atomic mass is 79.9. The molecule has 0 saturated heterocycles. The largest absolute Gasteiger partial charge is 0.478 e. The van der Waals surface area contributed by atoms with Crippen molar-refractivity contribution in [3.63, 3.8) is 0 Å². The van der Waals surface area contributed by atoms with Crippen molar-refractivity contribution in [2.45, 2.75) is 13.3 Å². The fourth-order valence-corrected chi connectivity index (χ4v) is 2.45. The molecule has 4 nitrogen and oxygen atoms in total. The van der Waals surface area contributed by atoms with Crippen LogP contribution in [0.5, 0.6) is 0 Å². The molecule has 0 amide bonds. The average Bonchev–Trinajstić information content (AvgIpc) is 2.67. The third-order valence-corrected chi connectivity index (χ3v) is 3.55. The predicted molar refractivity (Wildman–Crippen MR) is 72.6 cm³/mol. The molecule has 0 aliphatic heterocycles. The highest BCUT2D eigenvalue weighted by Crippen LogP contribution is 2.28. The van der Waals surface area contributed by atoms with Crippen molar-refractivity contribution in [2.24, 2.45) is 0 Å². The maximum atomic E-state index is 11.2. The van der Waals surface area contributed by atoms with Crippen LogP contribution in [0.15, 0.2) is 28.7 Å². The summed E-state index contributed by atoms with van der Waals surface area (Å²) < 4.78 is 2.24. The van der Waals surface area contributed by atoms with Gasteiger partial charge < -0.3 is 5.11 Å². The Hall–Kier alpha value is -1.33. The van der Waals surface area contributed by atoms with Gasteiger partial charge in [0, 0.05) is 4.47 Å². The van der Waals surface area contributed by atoms with E-state index in [2.05, 4.69) is 21.0 Å². The van der Waals surface area contributed by atoms with Gasteiger partial charge in [-0.1, -0.05) is 30.7 Å². The Morgan fingerprint density at radius 3 is 2.67 bits per heavy atom. The number of para-hydroxylation sites is 1. The first-order chi connectivity index (χ1) is 8.56. The summed E-state index contributed by atoms with van der Waals surface area (Å²) in [5.41, 5.74) is 1.25. The van der Waals surface area contributed by atoms with Gasteiger partial charge in [-0.2, -0.15) is 5.10 Å². The number of nitrogens with zero attached hydrogens (tertiary/aromatic N) is 2. The number of hydrogen-bond donors (Lipinski definition) is 1. The number of rotatable bonds is 3. The van der Waals surface area contributed by atoms with Crippen LogP contribution < -0.4 is 0 Å².